The highest BCUT2D eigenvalue weighted by Crippen LogP contribution is 2.39. The van der Waals surface area contributed by atoms with Gasteiger partial charge in [0.1, 0.15) is 11.6 Å². The maximum atomic E-state index is 13.3. The Bertz CT molecular complexity index is 1030. The van der Waals surface area contributed by atoms with Crippen LogP contribution in [0, 0.1) is 0 Å². The normalized spacial score (nSPS) is 12.9. The number of amides is 1. The van der Waals surface area contributed by atoms with Crippen LogP contribution in [0.4, 0.5) is 9.80 Å². The first-order chi connectivity index (χ1) is 14.1. The molecule has 0 atom stereocenters. The fourth-order valence-electron chi connectivity index (χ4n) is 3.49. The molecule has 148 valence electrons. The van der Waals surface area contributed by atoms with Crippen LogP contribution in [0.15, 0.2) is 59.1 Å². The van der Waals surface area contributed by atoms with Crippen LogP contribution >= 0.6 is 27.3 Å². The van der Waals surface area contributed by atoms with E-state index in [2.05, 4.69) is 21.2 Å². The first-order valence-corrected chi connectivity index (χ1v) is 11.2. The Morgan fingerprint density at radius 3 is 2.48 bits per heavy atom. The van der Waals surface area contributed by atoms with E-state index in [4.69, 9.17) is 4.74 Å². The van der Waals surface area contributed by atoms with Crippen LogP contribution in [-0.2, 0) is 24.2 Å². The standard InChI is InChI=1S/C23H20BrNO3S/c24-17-12-10-16(11-13-17)21(26)20-18-8-4-5-9-19(18)29-22(20)25-23(27)28-14-15-6-2-1-3-7-15/h1-3,6-7,10-13H,4-5,8-9,14H2,(H,25,27). The van der Waals surface area contributed by atoms with Crippen LogP contribution in [-0.4, -0.2) is 11.9 Å². The summed E-state index contributed by atoms with van der Waals surface area (Å²) in [5.41, 5.74) is 3.22. The smallest absolute Gasteiger partial charge is 0.412 e. The summed E-state index contributed by atoms with van der Waals surface area (Å²) >= 11 is 4.90. The molecule has 0 radical (unpaired) electrons. The quantitative estimate of drug-likeness (QED) is 0.441. The maximum Gasteiger partial charge on any atom is 0.412 e. The minimum absolute atomic E-state index is 0.0599. The predicted molar refractivity (Wildman–Crippen MR) is 119 cm³/mol. The Morgan fingerprint density at radius 1 is 1.00 bits per heavy atom. The predicted octanol–water partition coefficient (Wildman–Crippen LogP) is 6.37. The van der Waals surface area contributed by atoms with Crippen LogP contribution in [0.25, 0.3) is 0 Å². The number of thiophene rings is 1. The van der Waals surface area contributed by atoms with Gasteiger partial charge in [0.05, 0.1) is 5.56 Å². The van der Waals surface area contributed by atoms with Crippen LogP contribution in [0.2, 0.25) is 0 Å². The Hall–Kier alpha value is -2.44. The van der Waals surface area contributed by atoms with Gasteiger partial charge < -0.3 is 4.74 Å². The Labute approximate surface area is 182 Å². The number of hydrogen-bond acceptors (Lipinski definition) is 4. The third kappa shape index (κ3) is 4.60. The van der Waals surface area contributed by atoms with Crippen molar-refractivity contribution >= 4 is 44.1 Å². The van der Waals surface area contributed by atoms with Gasteiger partial charge in [0.2, 0.25) is 0 Å². The number of nitrogens with one attached hydrogen (secondary N) is 1. The molecule has 0 unspecified atom stereocenters. The number of aryl methyl sites for hydroxylation is 1. The third-order valence-electron chi connectivity index (χ3n) is 4.93. The van der Waals surface area contributed by atoms with Crippen LogP contribution < -0.4 is 5.32 Å². The van der Waals surface area contributed by atoms with Crippen molar-refractivity contribution in [2.24, 2.45) is 0 Å². The summed E-state index contributed by atoms with van der Waals surface area (Å²) in [5, 5.41) is 3.41. The van der Waals surface area contributed by atoms with E-state index in [0.717, 1.165) is 41.3 Å². The molecule has 1 aromatic heterocycles. The van der Waals surface area contributed by atoms with Crippen molar-refractivity contribution in [2.75, 3.05) is 5.32 Å². The number of rotatable bonds is 5. The van der Waals surface area contributed by atoms with E-state index in [1.54, 1.807) is 12.1 Å². The molecule has 1 aliphatic rings. The molecule has 1 amide bonds. The number of anilines is 1. The van der Waals surface area contributed by atoms with Crippen molar-refractivity contribution in [3.8, 4) is 0 Å². The van der Waals surface area contributed by atoms with Crippen molar-refractivity contribution in [3.05, 3.63) is 86.2 Å². The number of hydrogen-bond donors (Lipinski definition) is 1. The summed E-state index contributed by atoms with van der Waals surface area (Å²) in [6, 6.07) is 16.8. The van der Waals surface area contributed by atoms with E-state index in [-0.39, 0.29) is 12.4 Å². The lowest BCUT2D eigenvalue weighted by Crippen LogP contribution is -2.16. The number of halogens is 1. The summed E-state index contributed by atoms with van der Waals surface area (Å²) in [7, 11) is 0. The van der Waals surface area contributed by atoms with Gasteiger partial charge >= 0.3 is 6.09 Å². The Balaban J connectivity index is 1.57. The van der Waals surface area contributed by atoms with Crippen molar-refractivity contribution in [2.45, 2.75) is 32.3 Å². The van der Waals surface area contributed by atoms with Crippen molar-refractivity contribution in [3.63, 3.8) is 0 Å². The highest BCUT2D eigenvalue weighted by Gasteiger charge is 2.27. The van der Waals surface area contributed by atoms with E-state index < -0.39 is 6.09 Å². The Kier molecular flexibility index (Phi) is 6.11. The number of carbonyl (C=O) groups is 2. The number of carbonyl (C=O) groups excluding carboxylic acids is 2. The molecule has 4 rings (SSSR count). The first kappa shape index (κ1) is 19.9. The fourth-order valence-corrected chi connectivity index (χ4v) is 5.03. The average molecular weight is 470 g/mol. The van der Waals surface area contributed by atoms with Gasteiger partial charge in [-0.3, -0.25) is 10.1 Å². The highest BCUT2D eigenvalue weighted by molar-refractivity contribution is 9.10. The number of ether oxygens (including phenoxy) is 1. The second-order valence-electron chi connectivity index (χ2n) is 6.94. The molecular formula is C23H20BrNO3S. The van der Waals surface area contributed by atoms with Gasteiger partial charge in [-0.25, -0.2) is 4.79 Å². The average Bonchev–Trinajstić information content (AvgIpc) is 3.10. The zero-order valence-corrected chi connectivity index (χ0v) is 18.1. The van der Waals surface area contributed by atoms with Crippen molar-refractivity contribution in [1.82, 2.24) is 0 Å². The zero-order chi connectivity index (χ0) is 20.2. The number of fused-ring (bicyclic) bond motifs is 1. The maximum absolute atomic E-state index is 13.3. The van der Waals surface area contributed by atoms with E-state index >= 15 is 0 Å². The largest absolute Gasteiger partial charge is 0.444 e. The van der Waals surface area contributed by atoms with Gasteiger partial charge in [0.25, 0.3) is 0 Å². The fraction of sp³-hybridized carbons (Fsp3) is 0.217. The summed E-state index contributed by atoms with van der Waals surface area (Å²) in [5.74, 6) is -0.0599. The summed E-state index contributed by atoms with van der Waals surface area (Å²) < 4.78 is 6.28. The molecule has 6 heteroatoms. The summed E-state index contributed by atoms with van der Waals surface area (Å²) in [6.45, 7) is 0.188. The second-order valence-corrected chi connectivity index (χ2v) is 8.96. The monoisotopic (exact) mass is 469 g/mol. The molecule has 1 N–H and O–H groups in total. The molecule has 4 nitrogen and oxygen atoms in total. The number of ketones is 1. The third-order valence-corrected chi connectivity index (χ3v) is 6.67. The van der Waals surface area contributed by atoms with Gasteiger partial charge in [-0.15, -0.1) is 11.3 Å². The molecule has 1 aliphatic carbocycles. The van der Waals surface area contributed by atoms with Crippen LogP contribution in [0.5, 0.6) is 0 Å². The van der Waals surface area contributed by atoms with Gasteiger partial charge in [0, 0.05) is 14.9 Å². The lowest BCUT2D eigenvalue weighted by atomic mass is 9.92. The zero-order valence-electron chi connectivity index (χ0n) is 15.7. The van der Waals surface area contributed by atoms with Gasteiger partial charge in [-0.1, -0.05) is 46.3 Å². The molecule has 2 aromatic carbocycles. The molecule has 29 heavy (non-hydrogen) atoms. The van der Waals surface area contributed by atoms with Crippen LogP contribution in [0.3, 0.4) is 0 Å². The van der Waals surface area contributed by atoms with Gasteiger partial charge in [0.15, 0.2) is 5.78 Å². The van der Waals surface area contributed by atoms with E-state index in [1.807, 2.05) is 42.5 Å². The lowest BCUT2D eigenvalue weighted by Gasteiger charge is -2.13. The molecule has 0 saturated heterocycles. The SMILES string of the molecule is O=C(Nc1sc2c(c1C(=O)c1ccc(Br)cc1)CCCC2)OCc1ccccc1. The topological polar surface area (TPSA) is 55.4 Å². The molecule has 0 bridgehead atoms. The summed E-state index contributed by atoms with van der Waals surface area (Å²) in [6.07, 6.45) is 3.43. The first-order valence-electron chi connectivity index (χ1n) is 9.54. The Morgan fingerprint density at radius 2 is 1.72 bits per heavy atom. The lowest BCUT2D eigenvalue weighted by molar-refractivity contribution is 0.103. The minimum atomic E-state index is -0.544. The highest BCUT2D eigenvalue weighted by atomic mass is 79.9. The van der Waals surface area contributed by atoms with Crippen molar-refractivity contribution in [1.29, 1.82) is 0 Å². The molecule has 0 saturated carbocycles. The molecule has 0 aliphatic heterocycles. The number of benzene rings is 2. The van der Waals surface area contributed by atoms with Gasteiger partial charge in [-0.05, 0) is 61.1 Å². The van der Waals surface area contributed by atoms with E-state index in [9.17, 15) is 9.59 Å². The molecule has 0 spiro atoms. The van der Waals surface area contributed by atoms with E-state index in [1.165, 1.54) is 16.2 Å². The summed E-state index contributed by atoms with van der Waals surface area (Å²) in [4.78, 5) is 26.9. The van der Waals surface area contributed by atoms with E-state index in [0.29, 0.717) is 16.1 Å². The van der Waals surface area contributed by atoms with Gasteiger partial charge in [-0.2, -0.15) is 0 Å². The molecule has 0 fully saturated rings. The molecule has 1 heterocycles. The second kappa shape index (κ2) is 8.93. The van der Waals surface area contributed by atoms with Crippen LogP contribution in [0.1, 0.15) is 44.8 Å². The minimum Gasteiger partial charge on any atom is -0.444 e. The van der Waals surface area contributed by atoms with Crippen molar-refractivity contribution < 1.29 is 14.3 Å². The molecular weight excluding hydrogens is 450 g/mol. The molecule has 3 aromatic rings.